The second-order valence-corrected chi connectivity index (χ2v) is 4.49. The van der Waals surface area contributed by atoms with Crippen molar-refractivity contribution in [2.45, 2.75) is 0 Å². The first-order valence-corrected chi connectivity index (χ1v) is 6.17. The van der Waals surface area contributed by atoms with Gasteiger partial charge in [0.2, 0.25) is 0 Å². The Labute approximate surface area is 108 Å². The summed E-state index contributed by atoms with van der Waals surface area (Å²) in [5, 5.41) is 4.36. The number of likely N-dealkylation sites (N-methyl/N-ethyl adjacent to an activating group) is 1. The number of anilines is 1. The van der Waals surface area contributed by atoms with E-state index in [1.807, 2.05) is 6.07 Å². The van der Waals surface area contributed by atoms with Crippen LogP contribution in [0.3, 0.4) is 0 Å². The number of hydrogen-bond acceptors (Lipinski definition) is 2. The van der Waals surface area contributed by atoms with Gasteiger partial charge in [-0.05, 0) is 23.3 Å². The van der Waals surface area contributed by atoms with Crippen molar-refractivity contribution in [1.29, 1.82) is 0 Å². The normalized spacial score (nSPS) is 15.3. The molecule has 0 aliphatic carbocycles. The molecule has 2 heteroatoms. The van der Waals surface area contributed by atoms with Crippen molar-refractivity contribution in [3.63, 3.8) is 0 Å². The zero-order chi connectivity index (χ0) is 12.4. The molecule has 0 saturated heterocycles. The van der Waals surface area contributed by atoms with Crippen LogP contribution < -0.4 is 5.01 Å². The first-order valence-electron chi connectivity index (χ1n) is 6.17. The second kappa shape index (κ2) is 4.67. The van der Waals surface area contributed by atoms with Gasteiger partial charge in [0.05, 0.1) is 5.69 Å². The zero-order valence-corrected chi connectivity index (χ0v) is 10.5. The SMILES string of the molecule is CN1CC=CN1c1cccc(-c2ccccc2)c1. The molecule has 0 amide bonds. The minimum Gasteiger partial charge on any atom is -0.282 e. The van der Waals surface area contributed by atoms with Crippen LogP contribution in [0.25, 0.3) is 11.1 Å². The van der Waals surface area contributed by atoms with Gasteiger partial charge in [-0.1, -0.05) is 48.5 Å². The predicted octanol–water partition coefficient (Wildman–Crippen LogP) is 3.53. The molecule has 0 bridgehead atoms. The van der Waals surface area contributed by atoms with Crippen LogP contribution in [-0.2, 0) is 0 Å². The van der Waals surface area contributed by atoms with Gasteiger partial charge in [0.15, 0.2) is 0 Å². The summed E-state index contributed by atoms with van der Waals surface area (Å²) < 4.78 is 0. The third-order valence-corrected chi connectivity index (χ3v) is 3.20. The topological polar surface area (TPSA) is 6.48 Å². The lowest BCUT2D eigenvalue weighted by atomic mass is 10.1. The molecule has 18 heavy (non-hydrogen) atoms. The molecule has 0 saturated carbocycles. The summed E-state index contributed by atoms with van der Waals surface area (Å²) in [4.78, 5) is 0. The maximum absolute atomic E-state index is 2.22. The standard InChI is InChI=1S/C16H16N2/c1-17-11-6-12-18(17)16-10-5-9-15(13-16)14-7-3-2-4-8-14/h2-10,12-13H,11H2,1H3. The fraction of sp³-hybridized carbons (Fsp3) is 0.125. The maximum atomic E-state index is 2.22. The molecule has 0 unspecified atom stereocenters. The molecule has 0 aromatic heterocycles. The highest BCUT2D eigenvalue weighted by Crippen LogP contribution is 2.26. The molecule has 2 aromatic rings. The van der Waals surface area contributed by atoms with Crippen molar-refractivity contribution < 1.29 is 0 Å². The number of nitrogens with zero attached hydrogens (tertiary/aromatic N) is 2. The van der Waals surface area contributed by atoms with Gasteiger partial charge in [0.1, 0.15) is 0 Å². The van der Waals surface area contributed by atoms with Gasteiger partial charge >= 0.3 is 0 Å². The Balaban J connectivity index is 1.97. The molecule has 3 rings (SSSR count). The Morgan fingerprint density at radius 1 is 0.889 bits per heavy atom. The van der Waals surface area contributed by atoms with E-state index in [9.17, 15) is 0 Å². The van der Waals surface area contributed by atoms with Crippen LogP contribution in [-0.4, -0.2) is 18.6 Å². The lowest BCUT2D eigenvalue weighted by Crippen LogP contribution is -2.31. The highest BCUT2D eigenvalue weighted by Gasteiger charge is 2.13. The molecule has 2 aromatic carbocycles. The quantitative estimate of drug-likeness (QED) is 0.787. The third kappa shape index (κ3) is 2.03. The molecule has 1 heterocycles. The van der Waals surface area contributed by atoms with E-state index in [0.717, 1.165) is 6.54 Å². The number of hydrazine groups is 1. The fourth-order valence-electron chi connectivity index (χ4n) is 2.24. The number of benzene rings is 2. The van der Waals surface area contributed by atoms with Crippen LogP contribution in [0.2, 0.25) is 0 Å². The minimum absolute atomic E-state index is 0.968. The summed E-state index contributed by atoms with van der Waals surface area (Å²) in [6, 6.07) is 19.1. The molecule has 0 N–H and O–H groups in total. The maximum Gasteiger partial charge on any atom is 0.0579 e. The Morgan fingerprint density at radius 3 is 2.39 bits per heavy atom. The Morgan fingerprint density at radius 2 is 1.67 bits per heavy atom. The largest absolute Gasteiger partial charge is 0.282 e. The van der Waals surface area contributed by atoms with E-state index in [0.29, 0.717) is 0 Å². The molecular formula is C16H16N2. The molecule has 2 nitrogen and oxygen atoms in total. The summed E-state index contributed by atoms with van der Waals surface area (Å²) in [6.07, 6.45) is 4.28. The first kappa shape index (κ1) is 11.1. The molecule has 1 aliphatic rings. The van der Waals surface area contributed by atoms with E-state index in [4.69, 9.17) is 0 Å². The second-order valence-electron chi connectivity index (χ2n) is 4.49. The van der Waals surface area contributed by atoms with E-state index in [2.05, 4.69) is 77.9 Å². The van der Waals surface area contributed by atoms with Crippen molar-refractivity contribution in [2.75, 3.05) is 18.6 Å². The summed E-state index contributed by atoms with van der Waals surface area (Å²) in [6.45, 7) is 0.968. The molecule has 1 aliphatic heterocycles. The van der Waals surface area contributed by atoms with Crippen molar-refractivity contribution in [2.24, 2.45) is 0 Å². The van der Waals surface area contributed by atoms with Crippen LogP contribution in [0.1, 0.15) is 0 Å². The van der Waals surface area contributed by atoms with Gasteiger partial charge < -0.3 is 0 Å². The van der Waals surface area contributed by atoms with E-state index < -0.39 is 0 Å². The van der Waals surface area contributed by atoms with E-state index in [-0.39, 0.29) is 0 Å². The zero-order valence-electron chi connectivity index (χ0n) is 10.5. The van der Waals surface area contributed by atoms with Gasteiger partial charge in [0.25, 0.3) is 0 Å². The summed E-state index contributed by atoms with van der Waals surface area (Å²) >= 11 is 0. The first-order chi connectivity index (χ1) is 8.84. The lowest BCUT2D eigenvalue weighted by molar-refractivity contribution is 0.397. The Hall–Kier alpha value is -2.06. The highest BCUT2D eigenvalue weighted by molar-refractivity contribution is 5.68. The predicted molar refractivity (Wildman–Crippen MR) is 76.1 cm³/mol. The van der Waals surface area contributed by atoms with Gasteiger partial charge in [-0.15, -0.1) is 0 Å². The van der Waals surface area contributed by atoms with Crippen LogP contribution in [0, 0.1) is 0 Å². The fourth-order valence-corrected chi connectivity index (χ4v) is 2.24. The molecule has 0 radical (unpaired) electrons. The molecular weight excluding hydrogens is 220 g/mol. The van der Waals surface area contributed by atoms with Crippen LogP contribution >= 0.6 is 0 Å². The summed E-state index contributed by atoms with van der Waals surface area (Å²) in [5.41, 5.74) is 3.71. The Bertz CT molecular complexity index is 560. The minimum atomic E-state index is 0.968. The average molecular weight is 236 g/mol. The van der Waals surface area contributed by atoms with Gasteiger partial charge in [-0.3, -0.25) is 5.01 Å². The highest BCUT2D eigenvalue weighted by atomic mass is 15.6. The monoisotopic (exact) mass is 236 g/mol. The third-order valence-electron chi connectivity index (χ3n) is 3.20. The van der Waals surface area contributed by atoms with Crippen molar-refractivity contribution in [3.05, 3.63) is 66.9 Å². The average Bonchev–Trinajstić information content (AvgIpc) is 2.86. The van der Waals surface area contributed by atoms with Crippen molar-refractivity contribution in [1.82, 2.24) is 5.01 Å². The van der Waals surface area contributed by atoms with Crippen molar-refractivity contribution in [3.8, 4) is 11.1 Å². The van der Waals surface area contributed by atoms with E-state index in [1.165, 1.54) is 16.8 Å². The van der Waals surface area contributed by atoms with Gasteiger partial charge in [-0.2, -0.15) is 0 Å². The molecule has 0 atom stereocenters. The van der Waals surface area contributed by atoms with E-state index >= 15 is 0 Å². The smallest absolute Gasteiger partial charge is 0.0579 e. The van der Waals surface area contributed by atoms with Crippen LogP contribution in [0.15, 0.2) is 66.9 Å². The number of hydrogen-bond donors (Lipinski definition) is 0. The molecule has 90 valence electrons. The van der Waals surface area contributed by atoms with Gasteiger partial charge in [0, 0.05) is 19.8 Å². The summed E-state index contributed by atoms with van der Waals surface area (Å²) in [7, 11) is 2.09. The molecule has 0 fully saturated rings. The van der Waals surface area contributed by atoms with Crippen LogP contribution in [0.4, 0.5) is 5.69 Å². The summed E-state index contributed by atoms with van der Waals surface area (Å²) in [5.74, 6) is 0. The number of rotatable bonds is 2. The Kier molecular flexibility index (Phi) is 2.87. The lowest BCUT2D eigenvalue weighted by Gasteiger charge is -2.25. The molecule has 0 spiro atoms. The van der Waals surface area contributed by atoms with Crippen LogP contribution in [0.5, 0.6) is 0 Å². The van der Waals surface area contributed by atoms with Gasteiger partial charge in [-0.25, -0.2) is 5.01 Å². The van der Waals surface area contributed by atoms with Crippen molar-refractivity contribution >= 4 is 5.69 Å². The van der Waals surface area contributed by atoms with E-state index in [1.54, 1.807) is 0 Å².